The van der Waals surface area contributed by atoms with Crippen molar-refractivity contribution in [2.75, 3.05) is 13.1 Å². The minimum Gasteiger partial charge on any atom is -0.480 e. The Balaban J connectivity index is 1.74. The highest BCUT2D eigenvalue weighted by molar-refractivity contribution is 5.94. The zero-order valence-electron chi connectivity index (χ0n) is 25.8. The highest BCUT2D eigenvalue weighted by Crippen LogP contribution is 2.19. The molecule has 248 valence electrons. The van der Waals surface area contributed by atoms with Gasteiger partial charge in [-0.05, 0) is 62.3 Å². The molecule has 3 rings (SSSR count). The van der Waals surface area contributed by atoms with Gasteiger partial charge in [0.1, 0.15) is 18.1 Å². The molecule has 0 aliphatic heterocycles. The van der Waals surface area contributed by atoms with E-state index in [2.05, 4.69) is 25.9 Å². The number of aromatic nitrogens is 1. The summed E-state index contributed by atoms with van der Waals surface area (Å²) in [6, 6.07) is 12.5. The van der Waals surface area contributed by atoms with Gasteiger partial charge in [-0.1, -0.05) is 48.5 Å². The molecule has 1 heterocycles. The van der Waals surface area contributed by atoms with E-state index < -0.39 is 47.9 Å². The highest BCUT2D eigenvalue weighted by atomic mass is 16.4. The molecule has 0 radical (unpaired) electrons. The molecule has 2 aromatic carbocycles. The number of H-pyrrole nitrogens is 1. The molecule has 14 nitrogen and oxygen atoms in total. The summed E-state index contributed by atoms with van der Waals surface area (Å²) in [4.78, 5) is 59.2. The molecule has 4 atom stereocenters. The summed E-state index contributed by atoms with van der Waals surface area (Å²) >= 11 is 0. The molecule has 13 N–H and O–H groups in total. The topological polar surface area (TPSA) is 257 Å². The summed E-state index contributed by atoms with van der Waals surface area (Å²) in [7, 11) is 0. The minimum atomic E-state index is -1.23. The van der Waals surface area contributed by atoms with Crippen LogP contribution in [0.3, 0.4) is 0 Å². The van der Waals surface area contributed by atoms with Gasteiger partial charge < -0.3 is 49.0 Å². The van der Waals surface area contributed by atoms with Gasteiger partial charge in [-0.25, -0.2) is 4.79 Å². The average Bonchev–Trinajstić information content (AvgIpc) is 3.44. The molecule has 3 amide bonds. The molecule has 46 heavy (non-hydrogen) atoms. The molecular formula is C32H45N9O5. The number of unbranched alkanes of at least 4 members (excludes halogenated alkanes) is 1. The molecule has 0 fully saturated rings. The summed E-state index contributed by atoms with van der Waals surface area (Å²) in [6.45, 7) is 0.577. The second-order valence-electron chi connectivity index (χ2n) is 11.1. The summed E-state index contributed by atoms with van der Waals surface area (Å²) < 4.78 is 0. The Bertz CT molecular complexity index is 1470. The van der Waals surface area contributed by atoms with Crippen LogP contribution >= 0.6 is 0 Å². The van der Waals surface area contributed by atoms with Gasteiger partial charge in [-0.2, -0.15) is 0 Å². The van der Waals surface area contributed by atoms with Crippen LogP contribution in [0.4, 0.5) is 0 Å². The van der Waals surface area contributed by atoms with Crippen LogP contribution in [0.15, 0.2) is 65.8 Å². The van der Waals surface area contributed by atoms with E-state index in [9.17, 15) is 24.3 Å². The van der Waals surface area contributed by atoms with E-state index in [4.69, 9.17) is 22.9 Å². The van der Waals surface area contributed by atoms with Crippen LogP contribution in [0, 0.1) is 0 Å². The second-order valence-corrected chi connectivity index (χ2v) is 11.1. The van der Waals surface area contributed by atoms with Gasteiger partial charge in [0, 0.05) is 30.1 Å². The third-order valence-electron chi connectivity index (χ3n) is 7.51. The maximum Gasteiger partial charge on any atom is 0.326 e. The molecular weight excluding hydrogens is 590 g/mol. The lowest BCUT2D eigenvalue weighted by Gasteiger charge is -2.25. The number of guanidine groups is 1. The number of hydrogen-bond acceptors (Lipinski definition) is 7. The van der Waals surface area contributed by atoms with E-state index in [1.165, 1.54) is 0 Å². The number of nitrogens with zero attached hydrogens (tertiary/aromatic N) is 1. The SMILES string of the molecule is NCCCCC(NC(=O)C(Cc1ccccc1)NC(=O)C(N)Cc1c[nH]c2ccccc12)C(=O)NC(CCCN=C(N)N)C(=O)O. The first kappa shape index (κ1) is 35.5. The van der Waals surface area contributed by atoms with Crippen molar-refractivity contribution < 1.29 is 24.3 Å². The van der Waals surface area contributed by atoms with Crippen molar-refractivity contribution in [3.63, 3.8) is 0 Å². The van der Waals surface area contributed by atoms with Crippen molar-refractivity contribution in [3.05, 3.63) is 71.9 Å². The summed E-state index contributed by atoms with van der Waals surface area (Å²) in [5.74, 6) is -3.15. The number of fused-ring (bicyclic) bond motifs is 1. The number of benzene rings is 2. The largest absolute Gasteiger partial charge is 0.480 e. The van der Waals surface area contributed by atoms with Crippen molar-refractivity contribution >= 4 is 40.6 Å². The van der Waals surface area contributed by atoms with Crippen LogP contribution < -0.4 is 38.9 Å². The molecule has 0 saturated heterocycles. The molecule has 4 unspecified atom stereocenters. The maximum absolute atomic E-state index is 13.7. The molecule has 0 saturated carbocycles. The Morgan fingerprint density at radius 1 is 0.783 bits per heavy atom. The van der Waals surface area contributed by atoms with Crippen molar-refractivity contribution in [2.45, 2.75) is 69.1 Å². The zero-order valence-corrected chi connectivity index (χ0v) is 25.8. The van der Waals surface area contributed by atoms with Crippen molar-refractivity contribution in [1.29, 1.82) is 0 Å². The van der Waals surface area contributed by atoms with E-state index >= 15 is 0 Å². The van der Waals surface area contributed by atoms with E-state index in [0.717, 1.165) is 22.0 Å². The molecule has 0 aliphatic carbocycles. The number of para-hydroxylation sites is 1. The fourth-order valence-electron chi connectivity index (χ4n) is 5.04. The normalized spacial score (nSPS) is 13.6. The first-order chi connectivity index (χ1) is 22.1. The van der Waals surface area contributed by atoms with Gasteiger partial charge in [0.25, 0.3) is 0 Å². The molecule has 0 spiro atoms. The van der Waals surface area contributed by atoms with Gasteiger partial charge in [-0.15, -0.1) is 0 Å². The van der Waals surface area contributed by atoms with Crippen molar-refractivity contribution in [2.24, 2.45) is 27.9 Å². The van der Waals surface area contributed by atoms with Crippen LogP contribution in [0.5, 0.6) is 0 Å². The molecule has 14 heteroatoms. The monoisotopic (exact) mass is 635 g/mol. The van der Waals surface area contributed by atoms with Gasteiger partial charge in [0.05, 0.1) is 6.04 Å². The minimum absolute atomic E-state index is 0.0718. The number of nitrogens with one attached hydrogen (secondary N) is 4. The Kier molecular flexibility index (Phi) is 14.0. The first-order valence-corrected chi connectivity index (χ1v) is 15.3. The third-order valence-corrected chi connectivity index (χ3v) is 7.51. The Morgan fingerprint density at radius 2 is 1.41 bits per heavy atom. The number of carboxylic acid groups (broad SMARTS) is 1. The van der Waals surface area contributed by atoms with Crippen molar-refractivity contribution in [1.82, 2.24) is 20.9 Å². The number of aliphatic imine (C=N–C) groups is 1. The van der Waals surface area contributed by atoms with Crippen LogP contribution in [0.2, 0.25) is 0 Å². The van der Waals surface area contributed by atoms with Gasteiger partial charge in [-0.3, -0.25) is 19.4 Å². The standard InChI is InChI=1S/C32H45N9O5/c33-15-7-6-13-25(29(43)40-26(31(45)46)14-8-16-37-32(35)36)39-30(44)27(17-20-9-2-1-3-10-20)41-28(42)23(34)18-21-19-38-24-12-5-4-11-22(21)24/h1-5,9-12,19,23,25-27,38H,6-8,13-18,33-34H2,(H,39,44)(H,40,43)(H,41,42)(H,45,46)(H4,35,36,37). The average molecular weight is 636 g/mol. The quantitative estimate of drug-likeness (QED) is 0.0487. The maximum atomic E-state index is 13.7. The number of carboxylic acids is 1. The van der Waals surface area contributed by atoms with E-state index in [1.54, 1.807) is 0 Å². The van der Waals surface area contributed by atoms with E-state index in [-0.39, 0.29) is 38.2 Å². The lowest BCUT2D eigenvalue weighted by atomic mass is 10.0. The van der Waals surface area contributed by atoms with E-state index in [1.807, 2.05) is 60.8 Å². The van der Waals surface area contributed by atoms with Crippen LogP contribution in [-0.2, 0) is 32.0 Å². The predicted molar refractivity (Wildman–Crippen MR) is 176 cm³/mol. The fourth-order valence-corrected chi connectivity index (χ4v) is 5.04. The lowest BCUT2D eigenvalue weighted by Crippen LogP contribution is -2.57. The fraction of sp³-hybridized carbons (Fsp3) is 0.406. The number of aliphatic carboxylic acids is 1. The number of hydrogen-bond donors (Lipinski definition) is 9. The highest BCUT2D eigenvalue weighted by Gasteiger charge is 2.30. The number of carbonyl (C=O) groups excluding carboxylic acids is 3. The predicted octanol–water partition coefficient (Wildman–Crippen LogP) is 0.00200. The summed E-state index contributed by atoms with van der Waals surface area (Å²) in [6.07, 6.45) is 3.86. The number of aromatic amines is 1. The van der Waals surface area contributed by atoms with Gasteiger partial charge in [0.15, 0.2) is 5.96 Å². The molecule has 3 aromatic rings. The first-order valence-electron chi connectivity index (χ1n) is 15.3. The van der Waals surface area contributed by atoms with Crippen LogP contribution in [0.1, 0.15) is 43.2 Å². The summed E-state index contributed by atoms with van der Waals surface area (Å²) in [5.41, 5.74) is 25.2. The molecule has 0 bridgehead atoms. The van der Waals surface area contributed by atoms with Crippen LogP contribution in [-0.4, -0.2) is 77.0 Å². The molecule has 1 aromatic heterocycles. The Labute approximate surface area is 267 Å². The number of rotatable bonds is 19. The second kappa shape index (κ2) is 18.1. The summed E-state index contributed by atoms with van der Waals surface area (Å²) in [5, 5.41) is 18.7. The lowest BCUT2D eigenvalue weighted by molar-refractivity contribution is -0.142. The smallest absolute Gasteiger partial charge is 0.326 e. The number of carbonyl (C=O) groups is 4. The van der Waals surface area contributed by atoms with Crippen molar-refractivity contribution in [3.8, 4) is 0 Å². The third kappa shape index (κ3) is 11.2. The van der Waals surface area contributed by atoms with Gasteiger partial charge in [0.2, 0.25) is 17.7 Å². The Morgan fingerprint density at radius 3 is 2.11 bits per heavy atom. The number of amides is 3. The number of nitrogens with two attached hydrogens (primary N) is 4. The van der Waals surface area contributed by atoms with Crippen LogP contribution in [0.25, 0.3) is 10.9 Å². The van der Waals surface area contributed by atoms with Gasteiger partial charge >= 0.3 is 5.97 Å². The Hall–Kier alpha value is -4.95. The van der Waals surface area contributed by atoms with E-state index in [0.29, 0.717) is 25.8 Å². The zero-order chi connectivity index (χ0) is 33.5. The molecule has 0 aliphatic rings.